The standard InChI is InChI=1S/C40H60O3/c1-29(17-13-19-31(3)21-22-36-33(5)25-34(41)26-37(36,6)7)15-11-12-16-30(2)18-14-20-32(4)23-24-40-38(8,9)27-35(42)28-39(40,10)43-40/h13,15-17,20,23-24,31,34-35,41-42H,11-12,14,18-19,25-28H2,1-10H3/b17-13+,24-23+,29-15+,30-16+,32-20+/t31?,34-,35+,39-,40+/m1/s1. The average Bonchev–Trinajstić information content (AvgIpc) is 3.49. The molecule has 1 saturated heterocycles. The van der Waals surface area contributed by atoms with Crippen molar-refractivity contribution in [3.8, 4) is 11.8 Å². The van der Waals surface area contributed by atoms with Crippen LogP contribution in [0, 0.1) is 28.6 Å². The maximum atomic E-state index is 10.3. The van der Waals surface area contributed by atoms with E-state index in [9.17, 15) is 10.2 Å². The van der Waals surface area contributed by atoms with E-state index in [2.05, 4.69) is 124 Å². The van der Waals surface area contributed by atoms with Gasteiger partial charge in [-0.2, -0.15) is 0 Å². The highest BCUT2D eigenvalue weighted by Crippen LogP contribution is 2.66. The number of unbranched alkanes of at least 4 members (excludes halogenated alkanes) is 1. The van der Waals surface area contributed by atoms with Gasteiger partial charge in [0.25, 0.3) is 0 Å². The van der Waals surface area contributed by atoms with Crippen LogP contribution in [0.3, 0.4) is 0 Å². The van der Waals surface area contributed by atoms with Gasteiger partial charge in [0.1, 0.15) is 11.2 Å². The predicted molar refractivity (Wildman–Crippen MR) is 183 cm³/mol. The Kier molecular flexibility index (Phi) is 11.8. The molecule has 2 fully saturated rings. The Bertz CT molecular complexity index is 1240. The number of fused-ring (bicyclic) bond motifs is 1. The second kappa shape index (κ2) is 14.3. The Morgan fingerprint density at radius 1 is 0.907 bits per heavy atom. The van der Waals surface area contributed by atoms with Crippen LogP contribution in [0.2, 0.25) is 0 Å². The van der Waals surface area contributed by atoms with Crippen molar-refractivity contribution in [1.29, 1.82) is 0 Å². The number of aliphatic hydroxyl groups excluding tert-OH is 2. The molecule has 1 aliphatic heterocycles. The van der Waals surface area contributed by atoms with Crippen LogP contribution in [0.15, 0.2) is 70.4 Å². The predicted octanol–water partition coefficient (Wildman–Crippen LogP) is 9.73. The lowest BCUT2D eigenvalue weighted by Gasteiger charge is -2.39. The first-order valence-corrected chi connectivity index (χ1v) is 16.6. The Hall–Kier alpha value is -2.12. The van der Waals surface area contributed by atoms with Crippen LogP contribution >= 0.6 is 0 Å². The highest BCUT2D eigenvalue weighted by molar-refractivity contribution is 5.40. The van der Waals surface area contributed by atoms with Gasteiger partial charge in [0.2, 0.25) is 0 Å². The third-order valence-corrected chi connectivity index (χ3v) is 9.92. The lowest BCUT2D eigenvalue weighted by atomic mass is 9.63. The molecule has 2 N–H and O–H groups in total. The largest absolute Gasteiger partial charge is 0.393 e. The van der Waals surface area contributed by atoms with Crippen molar-refractivity contribution in [3.63, 3.8) is 0 Å². The second-order valence-electron chi connectivity index (χ2n) is 15.3. The molecule has 3 rings (SSSR count). The van der Waals surface area contributed by atoms with E-state index in [0.29, 0.717) is 5.92 Å². The summed E-state index contributed by atoms with van der Waals surface area (Å²) in [4.78, 5) is 0. The van der Waals surface area contributed by atoms with Crippen LogP contribution in [-0.4, -0.2) is 33.6 Å². The number of rotatable bonds is 11. The zero-order chi connectivity index (χ0) is 32.1. The molecule has 3 heteroatoms. The van der Waals surface area contributed by atoms with Crippen molar-refractivity contribution in [2.75, 3.05) is 0 Å². The quantitative estimate of drug-likeness (QED) is 0.0830. The molecule has 0 spiro atoms. The second-order valence-corrected chi connectivity index (χ2v) is 15.3. The maximum absolute atomic E-state index is 10.3. The molecule has 0 aromatic heterocycles. The Balaban J connectivity index is 1.38. The first-order chi connectivity index (χ1) is 20.0. The Morgan fingerprint density at radius 3 is 2.23 bits per heavy atom. The zero-order valence-electron chi connectivity index (χ0n) is 28.9. The van der Waals surface area contributed by atoms with Crippen LogP contribution in [0.25, 0.3) is 0 Å². The molecule has 0 radical (unpaired) electrons. The lowest BCUT2D eigenvalue weighted by Crippen LogP contribution is -2.46. The molecular formula is C40H60O3. The van der Waals surface area contributed by atoms with Gasteiger partial charge in [-0.05, 0) is 92.1 Å². The topological polar surface area (TPSA) is 53.0 Å². The number of hydrogen-bond donors (Lipinski definition) is 2. The van der Waals surface area contributed by atoms with Crippen molar-refractivity contribution in [2.24, 2.45) is 16.7 Å². The minimum absolute atomic E-state index is 0.0452. The third-order valence-electron chi connectivity index (χ3n) is 9.92. The smallest absolute Gasteiger partial charge is 0.121 e. The monoisotopic (exact) mass is 588 g/mol. The summed E-state index contributed by atoms with van der Waals surface area (Å²) in [7, 11) is 0. The van der Waals surface area contributed by atoms with Gasteiger partial charge in [-0.1, -0.05) is 105 Å². The molecule has 0 bridgehead atoms. The molecule has 1 saturated carbocycles. The molecule has 1 heterocycles. The number of allylic oxidation sites excluding steroid dienone is 10. The molecule has 0 amide bonds. The first-order valence-electron chi connectivity index (χ1n) is 16.6. The third kappa shape index (κ3) is 9.20. The van der Waals surface area contributed by atoms with Crippen LogP contribution in [0.4, 0.5) is 0 Å². The zero-order valence-corrected chi connectivity index (χ0v) is 28.9. The van der Waals surface area contributed by atoms with E-state index in [1.165, 1.54) is 27.9 Å². The van der Waals surface area contributed by atoms with Crippen molar-refractivity contribution in [2.45, 2.75) is 150 Å². The lowest BCUT2D eigenvalue weighted by molar-refractivity contribution is 0.0515. The molecule has 1 unspecified atom stereocenters. The van der Waals surface area contributed by atoms with Crippen LogP contribution < -0.4 is 0 Å². The van der Waals surface area contributed by atoms with Gasteiger partial charge in [-0.25, -0.2) is 0 Å². The molecule has 5 atom stereocenters. The van der Waals surface area contributed by atoms with Crippen molar-refractivity contribution in [3.05, 3.63) is 70.4 Å². The molecule has 238 valence electrons. The van der Waals surface area contributed by atoms with Gasteiger partial charge in [0.05, 0.1) is 12.2 Å². The van der Waals surface area contributed by atoms with E-state index in [1.807, 2.05) is 0 Å². The fraction of sp³-hybridized carbons (Fsp3) is 0.650. The summed E-state index contributed by atoms with van der Waals surface area (Å²) in [6, 6.07) is 0. The summed E-state index contributed by atoms with van der Waals surface area (Å²) in [5.41, 5.74) is 5.88. The molecule has 3 aliphatic rings. The van der Waals surface area contributed by atoms with Gasteiger partial charge >= 0.3 is 0 Å². The molecule has 43 heavy (non-hydrogen) atoms. The summed E-state index contributed by atoms with van der Waals surface area (Å²) < 4.78 is 6.27. The van der Waals surface area contributed by atoms with E-state index in [1.54, 1.807) is 0 Å². The molecule has 2 aliphatic carbocycles. The summed E-state index contributed by atoms with van der Waals surface area (Å²) in [6.45, 7) is 21.9. The Labute approximate surface area is 264 Å². The Morgan fingerprint density at radius 2 is 1.56 bits per heavy atom. The number of epoxide rings is 1. The maximum Gasteiger partial charge on any atom is 0.121 e. The number of aliphatic hydroxyl groups is 2. The van der Waals surface area contributed by atoms with E-state index in [0.717, 1.165) is 57.8 Å². The summed E-state index contributed by atoms with van der Waals surface area (Å²) in [6.07, 6.45) is 23.7. The molecular weight excluding hydrogens is 528 g/mol. The first kappa shape index (κ1) is 35.4. The number of ether oxygens (including phenoxy) is 1. The van der Waals surface area contributed by atoms with Crippen LogP contribution in [-0.2, 0) is 4.74 Å². The minimum Gasteiger partial charge on any atom is -0.393 e. The molecule has 0 aromatic rings. The average molecular weight is 589 g/mol. The summed E-state index contributed by atoms with van der Waals surface area (Å²) in [5, 5.41) is 20.4. The number of hydrogen-bond acceptors (Lipinski definition) is 3. The van der Waals surface area contributed by atoms with Crippen LogP contribution in [0.5, 0.6) is 0 Å². The minimum atomic E-state index is -0.273. The normalized spacial score (nSPS) is 31.7. The molecule has 3 nitrogen and oxygen atoms in total. The van der Waals surface area contributed by atoms with E-state index in [-0.39, 0.29) is 34.2 Å². The highest BCUT2D eigenvalue weighted by atomic mass is 16.6. The van der Waals surface area contributed by atoms with Crippen molar-refractivity contribution < 1.29 is 14.9 Å². The van der Waals surface area contributed by atoms with Gasteiger partial charge < -0.3 is 14.9 Å². The summed E-state index contributed by atoms with van der Waals surface area (Å²) in [5.74, 6) is 7.23. The summed E-state index contributed by atoms with van der Waals surface area (Å²) >= 11 is 0. The van der Waals surface area contributed by atoms with Gasteiger partial charge in [-0.15, -0.1) is 0 Å². The highest BCUT2D eigenvalue weighted by Gasteiger charge is 2.74. The van der Waals surface area contributed by atoms with E-state index >= 15 is 0 Å². The van der Waals surface area contributed by atoms with Gasteiger partial charge in [0, 0.05) is 28.7 Å². The SMILES string of the molecule is CC1=C(C#CC(C)C/C=C/C(C)=C/CC/C=C(\C)CC/C=C(C)/C=C/[C@@]23O[C@]2(C)C[C@@H](O)CC3(C)C)C(C)(C)C[C@H](O)C1. The molecule has 0 aromatic carbocycles. The van der Waals surface area contributed by atoms with Gasteiger partial charge in [-0.3, -0.25) is 0 Å². The van der Waals surface area contributed by atoms with Crippen molar-refractivity contribution in [1.82, 2.24) is 0 Å². The van der Waals surface area contributed by atoms with E-state index in [4.69, 9.17) is 4.74 Å². The van der Waals surface area contributed by atoms with Gasteiger partial charge in [0.15, 0.2) is 0 Å². The van der Waals surface area contributed by atoms with E-state index < -0.39 is 0 Å². The fourth-order valence-corrected chi connectivity index (χ4v) is 7.52. The fourth-order valence-electron chi connectivity index (χ4n) is 7.52. The van der Waals surface area contributed by atoms with Crippen LogP contribution in [0.1, 0.15) is 127 Å². The van der Waals surface area contributed by atoms with Crippen molar-refractivity contribution >= 4 is 0 Å².